The molecule has 1 atom stereocenters. The molecule has 0 saturated heterocycles. The Kier molecular flexibility index (Phi) is 3.74. The molecule has 1 aliphatic heterocycles. The molecule has 0 fully saturated rings. The molecular weight excluding hydrogens is 302 g/mol. The van der Waals surface area contributed by atoms with E-state index in [1.54, 1.807) is 0 Å². The Morgan fingerprint density at radius 3 is 2.95 bits per heavy atom. The Hall–Kier alpha value is -1.48. The summed E-state index contributed by atoms with van der Waals surface area (Å²) in [6.07, 6.45) is 1.12. The topological polar surface area (TPSA) is 21.3 Å². The van der Waals surface area contributed by atoms with Gasteiger partial charge in [-0.05, 0) is 36.2 Å². The second-order valence-corrected chi connectivity index (χ2v) is 5.68. The summed E-state index contributed by atoms with van der Waals surface area (Å²) in [5.41, 5.74) is 2.61. The van der Waals surface area contributed by atoms with Gasteiger partial charge in [0, 0.05) is 22.6 Å². The predicted octanol–water partition coefficient (Wildman–Crippen LogP) is 4.43. The van der Waals surface area contributed by atoms with Gasteiger partial charge in [0.25, 0.3) is 0 Å². The van der Waals surface area contributed by atoms with Crippen molar-refractivity contribution >= 4 is 21.6 Å². The van der Waals surface area contributed by atoms with E-state index < -0.39 is 0 Å². The number of hydrogen-bond acceptors (Lipinski definition) is 2. The molecule has 2 nitrogen and oxygen atoms in total. The van der Waals surface area contributed by atoms with Gasteiger partial charge < -0.3 is 10.1 Å². The zero-order valence-electron chi connectivity index (χ0n) is 10.6. The van der Waals surface area contributed by atoms with Gasteiger partial charge in [-0.2, -0.15) is 0 Å². The van der Waals surface area contributed by atoms with Gasteiger partial charge in [0.05, 0.1) is 6.61 Å². The van der Waals surface area contributed by atoms with Gasteiger partial charge in [-0.1, -0.05) is 40.2 Å². The SMILES string of the molecule is Brc1cccc(OCC2CCNc3ccccc32)c1. The fraction of sp³-hybridized carbons (Fsp3) is 0.250. The molecule has 2 aromatic carbocycles. The van der Waals surface area contributed by atoms with Crippen LogP contribution in [0.15, 0.2) is 53.0 Å². The third-order valence-corrected chi connectivity index (χ3v) is 3.95. The molecule has 0 bridgehead atoms. The van der Waals surface area contributed by atoms with Gasteiger partial charge in [-0.25, -0.2) is 0 Å². The van der Waals surface area contributed by atoms with Crippen molar-refractivity contribution in [1.82, 2.24) is 0 Å². The van der Waals surface area contributed by atoms with E-state index in [0.717, 1.165) is 29.8 Å². The van der Waals surface area contributed by atoms with Crippen LogP contribution in [0.5, 0.6) is 5.75 Å². The third-order valence-electron chi connectivity index (χ3n) is 3.46. The van der Waals surface area contributed by atoms with Crippen LogP contribution in [0, 0.1) is 0 Å². The van der Waals surface area contributed by atoms with Crippen molar-refractivity contribution in [3.05, 3.63) is 58.6 Å². The highest BCUT2D eigenvalue weighted by molar-refractivity contribution is 9.10. The first kappa shape index (κ1) is 12.5. The van der Waals surface area contributed by atoms with Gasteiger partial charge in [0.15, 0.2) is 0 Å². The summed E-state index contributed by atoms with van der Waals surface area (Å²) in [4.78, 5) is 0. The Labute approximate surface area is 121 Å². The number of halogens is 1. The maximum atomic E-state index is 5.93. The molecule has 0 aliphatic carbocycles. The Balaban J connectivity index is 1.71. The van der Waals surface area contributed by atoms with Gasteiger partial charge in [-0.3, -0.25) is 0 Å². The van der Waals surface area contributed by atoms with Crippen LogP contribution >= 0.6 is 15.9 Å². The van der Waals surface area contributed by atoms with E-state index in [-0.39, 0.29) is 0 Å². The van der Waals surface area contributed by atoms with Crippen LogP contribution in [-0.4, -0.2) is 13.2 Å². The van der Waals surface area contributed by atoms with Crippen molar-refractivity contribution in [2.24, 2.45) is 0 Å². The largest absolute Gasteiger partial charge is 0.493 e. The van der Waals surface area contributed by atoms with Gasteiger partial charge in [0.1, 0.15) is 5.75 Å². The molecule has 2 aromatic rings. The summed E-state index contributed by atoms with van der Waals surface area (Å²) in [7, 11) is 0. The highest BCUT2D eigenvalue weighted by Crippen LogP contribution is 2.31. The van der Waals surface area contributed by atoms with Gasteiger partial charge in [0.2, 0.25) is 0 Å². The summed E-state index contributed by atoms with van der Waals surface area (Å²) >= 11 is 3.46. The first-order valence-electron chi connectivity index (χ1n) is 6.54. The molecule has 98 valence electrons. The first-order valence-corrected chi connectivity index (χ1v) is 7.33. The Morgan fingerprint density at radius 1 is 1.16 bits per heavy atom. The molecule has 3 rings (SSSR count). The molecule has 0 amide bonds. The normalized spacial score (nSPS) is 17.4. The van der Waals surface area contributed by atoms with E-state index in [1.165, 1.54) is 11.3 Å². The van der Waals surface area contributed by atoms with Crippen LogP contribution in [0.25, 0.3) is 0 Å². The maximum absolute atomic E-state index is 5.93. The molecule has 1 aliphatic rings. The minimum absolute atomic E-state index is 0.469. The molecule has 3 heteroatoms. The molecule has 0 aromatic heterocycles. The summed E-state index contributed by atoms with van der Waals surface area (Å²) in [5.74, 6) is 1.39. The van der Waals surface area contributed by atoms with Crippen molar-refractivity contribution in [1.29, 1.82) is 0 Å². The molecule has 1 N–H and O–H groups in total. The summed E-state index contributed by atoms with van der Waals surface area (Å²) in [6.45, 7) is 1.75. The van der Waals surface area contributed by atoms with E-state index in [4.69, 9.17) is 4.74 Å². The number of anilines is 1. The number of nitrogens with one attached hydrogen (secondary N) is 1. The van der Waals surface area contributed by atoms with Gasteiger partial charge in [-0.15, -0.1) is 0 Å². The molecular formula is C16H16BrNO. The zero-order chi connectivity index (χ0) is 13.1. The average Bonchev–Trinajstić information content (AvgIpc) is 2.45. The van der Waals surface area contributed by atoms with Crippen LogP contribution in [0.4, 0.5) is 5.69 Å². The summed E-state index contributed by atoms with van der Waals surface area (Å²) in [5, 5.41) is 3.44. The van der Waals surface area contributed by atoms with Crippen LogP contribution in [-0.2, 0) is 0 Å². The first-order chi connectivity index (χ1) is 9.33. The number of benzene rings is 2. The molecule has 0 spiro atoms. The second kappa shape index (κ2) is 5.66. The Bertz CT molecular complexity index is 570. The van der Waals surface area contributed by atoms with E-state index in [1.807, 2.05) is 24.3 Å². The summed E-state index contributed by atoms with van der Waals surface area (Å²) in [6, 6.07) is 16.5. The fourth-order valence-corrected chi connectivity index (χ4v) is 2.86. The minimum atomic E-state index is 0.469. The van der Waals surface area contributed by atoms with Crippen molar-refractivity contribution in [2.75, 3.05) is 18.5 Å². The van der Waals surface area contributed by atoms with Crippen molar-refractivity contribution in [2.45, 2.75) is 12.3 Å². The predicted molar refractivity (Wildman–Crippen MR) is 81.9 cm³/mol. The molecule has 19 heavy (non-hydrogen) atoms. The molecule has 0 radical (unpaired) electrons. The minimum Gasteiger partial charge on any atom is -0.493 e. The third kappa shape index (κ3) is 2.92. The van der Waals surface area contributed by atoms with Crippen LogP contribution in [0.3, 0.4) is 0 Å². The lowest BCUT2D eigenvalue weighted by molar-refractivity contribution is 0.282. The smallest absolute Gasteiger partial charge is 0.120 e. The second-order valence-electron chi connectivity index (χ2n) is 4.77. The highest BCUT2D eigenvalue weighted by Gasteiger charge is 2.19. The maximum Gasteiger partial charge on any atom is 0.120 e. The Morgan fingerprint density at radius 2 is 2.05 bits per heavy atom. The number of hydrogen-bond donors (Lipinski definition) is 1. The highest BCUT2D eigenvalue weighted by atomic mass is 79.9. The van der Waals surface area contributed by atoms with E-state index in [2.05, 4.69) is 45.5 Å². The monoisotopic (exact) mass is 317 g/mol. The van der Waals surface area contributed by atoms with Crippen LogP contribution in [0.1, 0.15) is 17.9 Å². The van der Waals surface area contributed by atoms with Crippen molar-refractivity contribution < 1.29 is 4.74 Å². The number of fused-ring (bicyclic) bond motifs is 1. The lowest BCUT2D eigenvalue weighted by atomic mass is 9.92. The van der Waals surface area contributed by atoms with E-state index in [9.17, 15) is 0 Å². The van der Waals surface area contributed by atoms with Crippen molar-refractivity contribution in [3.63, 3.8) is 0 Å². The lowest BCUT2D eigenvalue weighted by Gasteiger charge is -2.26. The average molecular weight is 318 g/mol. The standard InChI is InChI=1S/C16H16BrNO/c17-13-4-3-5-14(10-13)19-11-12-8-9-18-16-7-2-1-6-15(12)16/h1-7,10,12,18H,8-9,11H2. The number of rotatable bonds is 3. The van der Waals surface area contributed by atoms with Gasteiger partial charge >= 0.3 is 0 Å². The van der Waals surface area contributed by atoms with Crippen molar-refractivity contribution in [3.8, 4) is 5.75 Å². The quantitative estimate of drug-likeness (QED) is 0.904. The van der Waals surface area contributed by atoms with E-state index >= 15 is 0 Å². The number of ether oxygens (including phenoxy) is 1. The zero-order valence-corrected chi connectivity index (χ0v) is 12.2. The fourth-order valence-electron chi connectivity index (χ4n) is 2.48. The molecule has 1 heterocycles. The summed E-state index contributed by atoms with van der Waals surface area (Å²) < 4.78 is 6.98. The lowest BCUT2D eigenvalue weighted by Crippen LogP contribution is -2.21. The van der Waals surface area contributed by atoms with E-state index in [0.29, 0.717) is 5.92 Å². The van der Waals surface area contributed by atoms with Crippen LogP contribution in [0.2, 0.25) is 0 Å². The van der Waals surface area contributed by atoms with Crippen LogP contribution < -0.4 is 10.1 Å². The molecule has 1 unspecified atom stereocenters. The number of para-hydroxylation sites is 1. The molecule has 0 saturated carbocycles.